The Balaban J connectivity index is 2.17. The van der Waals surface area contributed by atoms with Gasteiger partial charge in [0.05, 0.1) is 5.52 Å². The number of carboxylic acid groups (broad SMARTS) is 1. The fraction of sp³-hybridized carbons (Fsp3) is 0.385. The first-order chi connectivity index (χ1) is 9.16. The van der Waals surface area contributed by atoms with Crippen molar-refractivity contribution in [2.24, 2.45) is 0 Å². The van der Waals surface area contributed by atoms with Crippen LogP contribution in [0.25, 0.3) is 5.52 Å². The minimum absolute atomic E-state index is 0.105. The fourth-order valence-electron chi connectivity index (χ4n) is 2.65. The number of hydrogen-bond donors (Lipinski definition) is 3. The highest BCUT2D eigenvalue weighted by molar-refractivity contribution is 5.93. The lowest BCUT2D eigenvalue weighted by molar-refractivity contribution is 0.0693. The van der Waals surface area contributed by atoms with Gasteiger partial charge in [0.2, 0.25) is 0 Å². The van der Waals surface area contributed by atoms with Crippen LogP contribution in [-0.2, 0) is 0 Å². The van der Waals surface area contributed by atoms with E-state index in [1.807, 2.05) is 4.40 Å². The van der Waals surface area contributed by atoms with Gasteiger partial charge in [-0.1, -0.05) is 0 Å². The average Bonchev–Trinajstić information content (AvgIpc) is 2.78. The standard InChI is InChI=1S/C13H16N4O2/c14-9-1-2-10-11(13(18)19)16-12(17(10)7-9)8-3-5-15-6-4-8/h1-2,7-8,15H,3-6,14H2,(H,18,19). The summed E-state index contributed by atoms with van der Waals surface area (Å²) in [6, 6.07) is 3.42. The zero-order valence-corrected chi connectivity index (χ0v) is 10.5. The molecule has 4 N–H and O–H groups in total. The molecule has 6 heteroatoms. The lowest BCUT2D eigenvalue weighted by Gasteiger charge is -2.21. The zero-order chi connectivity index (χ0) is 13.4. The highest BCUT2D eigenvalue weighted by atomic mass is 16.4. The Morgan fingerprint density at radius 2 is 2.16 bits per heavy atom. The molecule has 0 radical (unpaired) electrons. The van der Waals surface area contributed by atoms with Crippen LogP contribution < -0.4 is 11.1 Å². The Morgan fingerprint density at radius 1 is 1.42 bits per heavy atom. The number of rotatable bonds is 2. The molecule has 3 heterocycles. The summed E-state index contributed by atoms with van der Waals surface area (Å²) in [5, 5.41) is 12.5. The van der Waals surface area contributed by atoms with E-state index in [1.54, 1.807) is 18.3 Å². The van der Waals surface area contributed by atoms with Crippen LogP contribution >= 0.6 is 0 Å². The predicted molar refractivity (Wildman–Crippen MR) is 71.4 cm³/mol. The molecule has 1 fully saturated rings. The van der Waals surface area contributed by atoms with Gasteiger partial charge in [-0.05, 0) is 38.1 Å². The van der Waals surface area contributed by atoms with Crippen LogP contribution in [0.5, 0.6) is 0 Å². The first-order valence-electron chi connectivity index (χ1n) is 6.38. The number of carboxylic acids is 1. The molecule has 0 spiro atoms. The number of nitrogen functional groups attached to an aromatic ring is 1. The summed E-state index contributed by atoms with van der Waals surface area (Å²) in [7, 11) is 0. The lowest BCUT2D eigenvalue weighted by Crippen LogP contribution is -2.27. The highest BCUT2D eigenvalue weighted by Gasteiger charge is 2.24. The van der Waals surface area contributed by atoms with Gasteiger partial charge in [0.15, 0.2) is 5.69 Å². The molecule has 0 bridgehead atoms. The summed E-state index contributed by atoms with van der Waals surface area (Å²) in [5.41, 5.74) is 7.12. The number of hydrogen-bond acceptors (Lipinski definition) is 4. The van der Waals surface area contributed by atoms with Crippen LogP contribution in [0.1, 0.15) is 35.1 Å². The van der Waals surface area contributed by atoms with Gasteiger partial charge in [0.25, 0.3) is 0 Å². The minimum atomic E-state index is -0.998. The number of pyridine rings is 1. The van der Waals surface area contributed by atoms with Crippen LogP contribution in [0.4, 0.5) is 5.69 Å². The maximum absolute atomic E-state index is 11.3. The molecule has 3 rings (SSSR count). The van der Waals surface area contributed by atoms with Gasteiger partial charge in [-0.2, -0.15) is 0 Å². The molecule has 0 saturated carbocycles. The van der Waals surface area contributed by atoms with Crippen molar-refractivity contribution in [2.75, 3.05) is 18.8 Å². The van der Waals surface area contributed by atoms with E-state index in [9.17, 15) is 9.90 Å². The first-order valence-corrected chi connectivity index (χ1v) is 6.38. The van der Waals surface area contributed by atoms with Crippen molar-refractivity contribution >= 4 is 17.2 Å². The van der Waals surface area contributed by atoms with Crippen LogP contribution in [0.3, 0.4) is 0 Å². The summed E-state index contributed by atoms with van der Waals surface area (Å²) in [6.45, 7) is 1.87. The average molecular weight is 260 g/mol. The van der Waals surface area contributed by atoms with Crippen molar-refractivity contribution in [1.29, 1.82) is 0 Å². The molecule has 2 aromatic heterocycles. The molecule has 0 aliphatic carbocycles. The summed E-state index contributed by atoms with van der Waals surface area (Å²) < 4.78 is 1.83. The minimum Gasteiger partial charge on any atom is -0.476 e. The maximum Gasteiger partial charge on any atom is 0.356 e. The quantitative estimate of drug-likeness (QED) is 0.751. The normalized spacial score (nSPS) is 16.8. The molecule has 0 amide bonds. The molecule has 1 aliphatic heterocycles. The van der Waals surface area contributed by atoms with E-state index < -0.39 is 5.97 Å². The van der Waals surface area contributed by atoms with Gasteiger partial charge in [-0.25, -0.2) is 9.78 Å². The molecule has 1 saturated heterocycles. The van der Waals surface area contributed by atoms with E-state index in [0.717, 1.165) is 31.8 Å². The van der Waals surface area contributed by atoms with Crippen molar-refractivity contribution in [2.45, 2.75) is 18.8 Å². The smallest absolute Gasteiger partial charge is 0.356 e. The first kappa shape index (κ1) is 12.0. The summed E-state index contributed by atoms with van der Waals surface area (Å²) >= 11 is 0. The van der Waals surface area contributed by atoms with E-state index in [-0.39, 0.29) is 11.6 Å². The third-order valence-electron chi connectivity index (χ3n) is 3.59. The molecule has 1 aliphatic rings. The van der Waals surface area contributed by atoms with Gasteiger partial charge in [0.1, 0.15) is 5.82 Å². The van der Waals surface area contributed by atoms with E-state index in [1.165, 1.54) is 0 Å². The van der Waals surface area contributed by atoms with Crippen molar-refractivity contribution in [3.8, 4) is 0 Å². The molecule has 19 heavy (non-hydrogen) atoms. The number of fused-ring (bicyclic) bond motifs is 1. The van der Waals surface area contributed by atoms with Gasteiger partial charge in [-0.15, -0.1) is 0 Å². The van der Waals surface area contributed by atoms with Crippen LogP contribution in [0.2, 0.25) is 0 Å². The number of imidazole rings is 1. The molecule has 2 aromatic rings. The molecular formula is C13H16N4O2. The third-order valence-corrected chi connectivity index (χ3v) is 3.59. The fourth-order valence-corrected chi connectivity index (χ4v) is 2.65. The second-order valence-electron chi connectivity index (χ2n) is 4.87. The lowest BCUT2D eigenvalue weighted by atomic mass is 9.97. The Bertz CT molecular complexity index is 629. The highest BCUT2D eigenvalue weighted by Crippen LogP contribution is 2.27. The molecule has 100 valence electrons. The predicted octanol–water partition coefficient (Wildman–Crippen LogP) is 1.08. The van der Waals surface area contributed by atoms with Gasteiger partial charge in [0, 0.05) is 17.8 Å². The van der Waals surface area contributed by atoms with Crippen LogP contribution in [0.15, 0.2) is 18.3 Å². The molecule has 0 aromatic carbocycles. The Kier molecular flexibility index (Phi) is 2.87. The Morgan fingerprint density at radius 3 is 2.84 bits per heavy atom. The van der Waals surface area contributed by atoms with Crippen molar-refractivity contribution in [3.05, 3.63) is 29.8 Å². The van der Waals surface area contributed by atoms with E-state index in [2.05, 4.69) is 10.3 Å². The number of anilines is 1. The molecule has 0 atom stereocenters. The van der Waals surface area contributed by atoms with Gasteiger partial charge in [-0.3, -0.25) is 0 Å². The Labute approximate surface area is 110 Å². The third kappa shape index (κ3) is 2.04. The van der Waals surface area contributed by atoms with Crippen LogP contribution in [-0.4, -0.2) is 33.6 Å². The monoisotopic (exact) mass is 260 g/mol. The zero-order valence-electron chi connectivity index (χ0n) is 10.5. The Hall–Kier alpha value is -2.08. The number of aromatic carboxylic acids is 1. The number of carbonyl (C=O) groups is 1. The van der Waals surface area contributed by atoms with Gasteiger partial charge >= 0.3 is 5.97 Å². The summed E-state index contributed by atoms with van der Waals surface area (Å²) in [5.74, 6) is 0.0901. The molecule has 0 unspecified atom stereocenters. The molecule has 6 nitrogen and oxygen atoms in total. The second-order valence-corrected chi connectivity index (χ2v) is 4.87. The summed E-state index contributed by atoms with van der Waals surface area (Å²) in [4.78, 5) is 15.6. The summed E-state index contributed by atoms with van der Waals surface area (Å²) in [6.07, 6.45) is 3.69. The largest absolute Gasteiger partial charge is 0.476 e. The van der Waals surface area contributed by atoms with E-state index in [4.69, 9.17) is 5.73 Å². The topological polar surface area (TPSA) is 92.7 Å². The van der Waals surface area contributed by atoms with Crippen LogP contribution in [0, 0.1) is 0 Å². The van der Waals surface area contributed by atoms with Crippen molar-refractivity contribution in [3.63, 3.8) is 0 Å². The SMILES string of the molecule is Nc1ccc2c(C(=O)O)nc(C3CCNCC3)n2c1. The number of piperidine rings is 1. The second kappa shape index (κ2) is 4.55. The van der Waals surface area contributed by atoms with Gasteiger partial charge < -0.3 is 20.6 Å². The number of nitrogens with zero attached hydrogens (tertiary/aromatic N) is 2. The van der Waals surface area contributed by atoms with E-state index in [0.29, 0.717) is 11.2 Å². The van der Waals surface area contributed by atoms with Crippen molar-refractivity contribution < 1.29 is 9.90 Å². The van der Waals surface area contributed by atoms with E-state index >= 15 is 0 Å². The maximum atomic E-state index is 11.3. The molecular weight excluding hydrogens is 244 g/mol. The number of nitrogens with one attached hydrogen (secondary N) is 1. The number of nitrogens with two attached hydrogens (primary N) is 1. The number of aromatic nitrogens is 2. The van der Waals surface area contributed by atoms with Crippen molar-refractivity contribution in [1.82, 2.24) is 14.7 Å².